The molecule has 3 rings (SSSR count). The van der Waals surface area contributed by atoms with E-state index in [2.05, 4.69) is 48.5 Å². The van der Waals surface area contributed by atoms with Crippen molar-refractivity contribution in [2.24, 2.45) is 0 Å². The minimum absolute atomic E-state index is 0.155. The van der Waals surface area contributed by atoms with Crippen molar-refractivity contribution >= 4 is 5.78 Å². The Hall–Kier alpha value is -1.89. The van der Waals surface area contributed by atoms with Crippen molar-refractivity contribution in [3.05, 3.63) is 71.3 Å². The first-order chi connectivity index (χ1) is 9.84. The number of hydrogen-bond acceptors (Lipinski definition) is 1. The van der Waals surface area contributed by atoms with Crippen LogP contribution in [-0.2, 0) is 17.6 Å². The number of ketones is 1. The summed E-state index contributed by atoms with van der Waals surface area (Å²) in [6, 6.07) is 18.8. The number of carbonyl (C=O) groups excluding carboxylic acids is 1. The fourth-order valence-corrected chi connectivity index (χ4v) is 3.18. The Balaban J connectivity index is 1.56. The molecule has 0 fully saturated rings. The Bertz CT molecular complexity index is 586. The molecule has 0 spiro atoms. The van der Waals surface area contributed by atoms with Gasteiger partial charge in [-0.2, -0.15) is 0 Å². The van der Waals surface area contributed by atoms with Crippen molar-refractivity contribution in [1.82, 2.24) is 0 Å². The van der Waals surface area contributed by atoms with Gasteiger partial charge in [0, 0.05) is 12.3 Å². The van der Waals surface area contributed by atoms with E-state index in [0.717, 1.165) is 25.7 Å². The average molecular weight is 264 g/mol. The summed E-state index contributed by atoms with van der Waals surface area (Å²) >= 11 is 0. The van der Waals surface area contributed by atoms with Crippen LogP contribution < -0.4 is 0 Å². The molecular weight excluding hydrogens is 244 g/mol. The number of benzene rings is 2. The van der Waals surface area contributed by atoms with Gasteiger partial charge in [-0.05, 0) is 42.4 Å². The number of aryl methyl sites for hydroxylation is 2. The third-order valence-electron chi connectivity index (χ3n) is 4.25. The molecular formula is C19H20O. The van der Waals surface area contributed by atoms with Gasteiger partial charge in [-0.15, -0.1) is 0 Å². The normalized spacial score (nSPS) is 16.9. The molecule has 0 N–H and O–H groups in total. The molecule has 0 aromatic heterocycles. The zero-order chi connectivity index (χ0) is 13.8. The van der Waals surface area contributed by atoms with Gasteiger partial charge in [-0.1, -0.05) is 54.6 Å². The molecule has 1 aliphatic rings. The predicted molar refractivity (Wildman–Crippen MR) is 81.9 cm³/mol. The van der Waals surface area contributed by atoms with Crippen LogP contribution in [-0.4, -0.2) is 5.78 Å². The largest absolute Gasteiger partial charge is 0.299 e. The maximum atomic E-state index is 12.4. The van der Waals surface area contributed by atoms with Gasteiger partial charge in [-0.25, -0.2) is 0 Å². The SMILES string of the molecule is O=C(CCCc1ccccc1)C1CCc2ccccc21. The van der Waals surface area contributed by atoms with Crippen LogP contribution >= 0.6 is 0 Å². The smallest absolute Gasteiger partial charge is 0.140 e. The van der Waals surface area contributed by atoms with Crippen LogP contribution in [0.15, 0.2) is 54.6 Å². The summed E-state index contributed by atoms with van der Waals surface area (Å²) in [5.41, 5.74) is 3.97. The molecule has 0 saturated heterocycles. The van der Waals surface area contributed by atoms with Crippen LogP contribution in [0.2, 0.25) is 0 Å². The minimum atomic E-state index is 0.155. The second-order valence-electron chi connectivity index (χ2n) is 5.60. The Kier molecular flexibility index (Phi) is 3.96. The molecule has 0 bridgehead atoms. The number of rotatable bonds is 5. The van der Waals surface area contributed by atoms with Gasteiger partial charge in [0.1, 0.15) is 5.78 Å². The molecule has 0 amide bonds. The fourth-order valence-electron chi connectivity index (χ4n) is 3.18. The van der Waals surface area contributed by atoms with Gasteiger partial charge < -0.3 is 0 Å². The van der Waals surface area contributed by atoms with E-state index in [1.807, 2.05) is 6.07 Å². The standard InChI is InChI=1S/C19H20O/c20-19(12-6-9-15-7-2-1-3-8-15)18-14-13-16-10-4-5-11-17(16)18/h1-5,7-8,10-11,18H,6,9,12-14H2. The number of Topliss-reactive ketones (excluding diaryl/α,β-unsaturated/α-hetero) is 1. The van der Waals surface area contributed by atoms with E-state index in [4.69, 9.17) is 0 Å². The zero-order valence-corrected chi connectivity index (χ0v) is 11.7. The van der Waals surface area contributed by atoms with Crippen LogP contribution in [0.3, 0.4) is 0 Å². The van der Waals surface area contributed by atoms with Crippen molar-refractivity contribution in [3.63, 3.8) is 0 Å². The molecule has 20 heavy (non-hydrogen) atoms. The van der Waals surface area contributed by atoms with Crippen molar-refractivity contribution < 1.29 is 4.79 Å². The van der Waals surface area contributed by atoms with Gasteiger partial charge in [0.05, 0.1) is 0 Å². The number of carbonyl (C=O) groups is 1. The van der Waals surface area contributed by atoms with Crippen molar-refractivity contribution in [1.29, 1.82) is 0 Å². The van der Waals surface area contributed by atoms with E-state index in [1.165, 1.54) is 16.7 Å². The third kappa shape index (κ3) is 2.82. The lowest BCUT2D eigenvalue weighted by Crippen LogP contribution is -2.09. The molecule has 0 saturated carbocycles. The molecule has 1 heteroatoms. The Morgan fingerprint density at radius 1 is 1.00 bits per heavy atom. The van der Waals surface area contributed by atoms with Gasteiger partial charge in [-0.3, -0.25) is 4.79 Å². The Morgan fingerprint density at radius 2 is 1.75 bits per heavy atom. The van der Waals surface area contributed by atoms with E-state index in [9.17, 15) is 4.79 Å². The third-order valence-corrected chi connectivity index (χ3v) is 4.25. The maximum Gasteiger partial charge on any atom is 0.140 e. The highest BCUT2D eigenvalue weighted by Gasteiger charge is 2.27. The van der Waals surface area contributed by atoms with E-state index < -0.39 is 0 Å². The summed E-state index contributed by atoms with van der Waals surface area (Å²) < 4.78 is 0. The Morgan fingerprint density at radius 3 is 2.60 bits per heavy atom. The molecule has 1 nitrogen and oxygen atoms in total. The lowest BCUT2D eigenvalue weighted by molar-refractivity contribution is -0.120. The predicted octanol–water partition coefficient (Wildman–Crippen LogP) is 4.31. The second kappa shape index (κ2) is 6.04. The molecule has 0 heterocycles. The Labute approximate surface area is 120 Å². The number of fused-ring (bicyclic) bond motifs is 1. The van der Waals surface area contributed by atoms with Crippen LogP contribution in [0.25, 0.3) is 0 Å². The monoisotopic (exact) mass is 264 g/mol. The van der Waals surface area contributed by atoms with Crippen LogP contribution in [0, 0.1) is 0 Å². The molecule has 2 aromatic rings. The first-order valence-corrected chi connectivity index (χ1v) is 7.49. The molecule has 0 aliphatic heterocycles. The molecule has 2 aromatic carbocycles. The van der Waals surface area contributed by atoms with E-state index in [0.29, 0.717) is 12.2 Å². The lowest BCUT2D eigenvalue weighted by Gasteiger charge is -2.10. The summed E-state index contributed by atoms with van der Waals surface area (Å²) in [6.45, 7) is 0. The highest BCUT2D eigenvalue weighted by molar-refractivity contribution is 5.86. The van der Waals surface area contributed by atoms with E-state index in [-0.39, 0.29) is 5.92 Å². The van der Waals surface area contributed by atoms with Crippen LogP contribution in [0.4, 0.5) is 0 Å². The quantitative estimate of drug-likeness (QED) is 0.786. The number of hydrogen-bond donors (Lipinski definition) is 0. The fraction of sp³-hybridized carbons (Fsp3) is 0.316. The van der Waals surface area contributed by atoms with Crippen molar-refractivity contribution in [3.8, 4) is 0 Å². The van der Waals surface area contributed by atoms with E-state index in [1.54, 1.807) is 0 Å². The van der Waals surface area contributed by atoms with Crippen molar-refractivity contribution in [2.45, 2.75) is 38.0 Å². The first kappa shape index (κ1) is 13.1. The zero-order valence-electron chi connectivity index (χ0n) is 11.7. The van der Waals surface area contributed by atoms with Gasteiger partial charge >= 0.3 is 0 Å². The summed E-state index contributed by atoms with van der Waals surface area (Å²) in [4.78, 5) is 12.4. The summed E-state index contributed by atoms with van der Waals surface area (Å²) in [5.74, 6) is 0.577. The van der Waals surface area contributed by atoms with Gasteiger partial charge in [0.25, 0.3) is 0 Å². The lowest BCUT2D eigenvalue weighted by atomic mass is 9.93. The highest BCUT2D eigenvalue weighted by Crippen LogP contribution is 2.34. The first-order valence-electron chi connectivity index (χ1n) is 7.49. The minimum Gasteiger partial charge on any atom is -0.299 e. The van der Waals surface area contributed by atoms with E-state index >= 15 is 0 Å². The average Bonchev–Trinajstić information content (AvgIpc) is 2.92. The highest BCUT2D eigenvalue weighted by atomic mass is 16.1. The van der Waals surface area contributed by atoms with Crippen molar-refractivity contribution in [2.75, 3.05) is 0 Å². The molecule has 1 atom stereocenters. The van der Waals surface area contributed by atoms with Gasteiger partial charge in [0.15, 0.2) is 0 Å². The van der Waals surface area contributed by atoms with Crippen LogP contribution in [0.5, 0.6) is 0 Å². The summed E-state index contributed by atoms with van der Waals surface area (Å²) in [6.07, 6.45) is 4.73. The van der Waals surface area contributed by atoms with Crippen LogP contribution in [0.1, 0.15) is 41.9 Å². The molecule has 102 valence electrons. The summed E-state index contributed by atoms with van der Waals surface area (Å²) in [7, 11) is 0. The molecule has 1 unspecified atom stereocenters. The summed E-state index contributed by atoms with van der Waals surface area (Å²) in [5, 5.41) is 0. The second-order valence-corrected chi connectivity index (χ2v) is 5.60. The molecule has 0 radical (unpaired) electrons. The maximum absolute atomic E-state index is 12.4. The van der Waals surface area contributed by atoms with Gasteiger partial charge in [0.2, 0.25) is 0 Å². The molecule has 1 aliphatic carbocycles. The topological polar surface area (TPSA) is 17.1 Å².